The summed E-state index contributed by atoms with van der Waals surface area (Å²) in [7, 11) is 2.94. The van der Waals surface area contributed by atoms with Crippen LogP contribution in [-0.4, -0.2) is 47.5 Å². The van der Waals surface area contributed by atoms with Gasteiger partial charge in [0, 0.05) is 26.2 Å². The molecule has 0 saturated carbocycles. The van der Waals surface area contributed by atoms with Crippen molar-refractivity contribution in [1.29, 1.82) is 0 Å². The number of rotatable bonds is 0. The van der Waals surface area contributed by atoms with E-state index in [0.29, 0.717) is 11.1 Å². The number of imide groups is 2. The van der Waals surface area contributed by atoms with E-state index in [0.717, 1.165) is 9.80 Å². The van der Waals surface area contributed by atoms with E-state index in [9.17, 15) is 19.2 Å². The van der Waals surface area contributed by atoms with E-state index in [-0.39, 0.29) is 23.6 Å². The van der Waals surface area contributed by atoms with Crippen molar-refractivity contribution in [3.63, 3.8) is 0 Å². The highest BCUT2D eigenvalue weighted by molar-refractivity contribution is 6.21. The van der Waals surface area contributed by atoms with Crippen LogP contribution in [0.5, 0.6) is 0 Å². The van der Waals surface area contributed by atoms with Gasteiger partial charge in [-0.1, -0.05) is 12.1 Å². The SMILES string of the molecule is CN1C(=O)C=CC1=O.CN1C(=O)c2ccccc2C1=O. The Bertz CT molecular complexity index is 595. The molecule has 102 valence electrons. The summed E-state index contributed by atoms with van der Waals surface area (Å²) in [5.41, 5.74) is 1.01. The Balaban J connectivity index is 0.000000160. The van der Waals surface area contributed by atoms with E-state index >= 15 is 0 Å². The second kappa shape index (κ2) is 5.08. The molecule has 0 atom stereocenters. The van der Waals surface area contributed by atoms with Crippen LogP contribution in [0, 0.1) is 0 Å². The van der Waals surface area contributed by atoms with E-state index < -0.39 is 0 Å². The van der Waals surface area contributed by atoms with Crippen LogP contribution < -0.4 is 0 Å². The van der Waals surface area contributed by atoms with Gasteiger partial charge in [0.05, 0.1) is 11.1 Å². The molecule has 0 aliphatic carbocycles. The van der Waals surface area contributed by atoms with Crippen molar-refractivity contribution in [1.82, 2.24) is 9.80 Å². The fraction of sp³-hybridized carbons (Fsp3) is 0.143. The number of hydrogen-bond acceptors (Lipinski definition) is 4. The largest absolute Gasteiger partial charge is 0.279 e. The van der Waals surface area contributed by atoms with E-state index in [1.165, 1.54) is 26.2 Å². The molecule has 1 aromatic carbocycles. The van der Waals surface area contributed by atoms with Crippen LogP contribution >= 0.6 is 0 Å². The highest BCUT2D eigenvalue weighted by Crippen LogP contribution is 2.20. The quantitative estimate of drug-likeness (QED) is 0.643. The Labute approximate surface area is 115 Å². The summed E-state index contributed by atoms with van der Waals surface area (Å²) in [5, 5.41) is 0. The first-order valence-corrected chi connectivity index (χ1v) is 5.84. The zero-order valence-electron chi connectivity index (χ0n) is 11.0. The summed E-state index contributed by atoms with van der Waals surface area (Å²) in [5.74, 6) is -0.906. The summed E-state index contributed by atoms with van der Waals surface area (Å²) in [6, 6.07) is 6.84. The van der Waals surface area contributed by atoms with Crippen LogP contribution in [0.15, 0.2) is 36.4 Å². The van der Waals surface area contributed by atoms with Gasteiger partial charge in [-0.05, 0) is 12.1 Å². The van der Waals surface area contributed by atoms with Crippen molar-refractivity contribution in [2.24, 2.45) is 0 Å². The molecule has 20 heavy (non-hydrogen) atoms. The van der Waals surface area contributed by atoms with Crippen LogP contribution in [0.3, 0.4) is 0 Å². The number of carbonyl (C=O) groups excluding carboxylic acids is 4. The average Bonchev–Trinajstić information content (AvgIpc) is 2.87. The molecule has 0 unspecified atom stereocenters. The third-order valence-electron chi connectivity index (χ3n) is 3.03. The molecule has 0 bridgehead atoms. The number of likely N-dealkylation sites (N-methyl/N-ethyl adjacent to an activating group) is 1. The molecule has 4 amide bonds. The molecule has 2 heterocycles. The highest BCUT2D eigenvalue weighted by Gasteiger charge is 2.31. The van der Waals surface area contributed by atoms with Crippen molar-refractivity contribution in [2.75, 3.05) is 14.1 Å². The van der Waals surface area contributed by atoms with E-state index in [4.69, 9.17) is 0 Å². The zero-order valence-corrected chi connectivity index (χ0v) is 11.0. The zero-order chi connectivity index (χ0) is 14.9. The molecule has 2 aliphatic rings. The minimum atomic E-state index is -0.241. The first kappa shape index (κ1) is 13.7. The van der Waals surface area contributed by atoms with Crippen molar-refractivity contribution in [2.45, 2.75) is 0 Å². The third-order valence-corrected chi connectivity index (χ3v) is 3.03. The third kappa shape index (κ3) is 2.23. The molecule has 1 aromatic rings. The van der Waals surface area contributed by atoms with Crippen molar-refractivity contribution < 1.29 is 19.2 Å². The maximum Gasteiger partial charge on any atom is 0.261 e. The number of benzene rings is 1. The van der Waals surface area contributed by atoms with Gasteiger partial charge in [0.15, 0.2) is 0 Å². The topological polar surface area (TPSA) is 74.8 Å². The van der Waals surface area contributed by atoms with Crippen LogP contribution in [0.2, 0.25) is 0 Å². The normalized spacial score (nSPS) is 16.5. The van der Waals surface area contributed by atoms with Crippen LogP contribution in [0.25, 0.3) is 0 Å². The van der Waals surface area contributed by atoms with Gasteiger partial charge in [-0.2, -0.15) is 0 Å². The molecule has 0 radical (unpaired) electrons. The van der Waals surface area contributed by atoms with Crippen molar-refractivity contribution >= 4 is 23.6 Å². The lowest BCUT2D eigenvalue weighted by molar-refractivity contribution is -0.135. The average molecular weight is 272 g/mol. The van der Waals surface area contributed by atoms with Gasteiger partial charge in [-0.15, -0.1) is 0 Å². The van der Waals surface area contributed by atoms with Gasteiger partial charge >= 0.3 is 0 Å². The van der Waals surface area contributed by atoms with E-state index in [2.05, 4.69) is 0 Å². The van der Waals surface area contributed by atoms with Crippen LogP contribution in [0.4, 0.5) is 0 Å². The van der Waals surface area contributed by atoms with Gasteiger partial charge in [0.25, 0.3) is 23.6 Å². The molecule has 6 nitrogen and oxygen atoms in total. The lowest BCUT2D eigenvalue weighted by atomic mass is 10.1. The second-order valence-electron chi connectivity index (χ2n) is 4.28. The molecule has 6 heteroatoms. The molecule has 0 saturated heterocycles. The van der Waals surface area contributed by atoms with Gasteiger partial charge < -0.3 is 0 Å². The lowest BCUT2D eigenvalue weighted by Gasteiger charge is -2.02. The maximum atomic E-state index is 11.3. The van der Waals surface area contributed by atoms with Gasteiger partial charge in [0.2, 0.25) is 0 Å². The van der Waals surface area contributed by atoms with Gasteiger partial charge in [0.1, 0.15) is 0 Å². The van der Waals surface area contributed by atoms with Crippen molar-refractivity contribution in [3.05, 3.63) is 47.5 Å². The van der Waals surface area contributed by atoms with Gasteiger partial charge in [-0.3, -0.25) is 29.0 Å². The molecule has 0 fully saturated rings. The van der Waals surface area contributed by atoms with Gasteiger partial charge in [-0.25, -0.2) is 0 Å². The molecule has 0 spiro atoms. The monoisotopic (exact) mass is 272 g/mol. The summed E-state index contributed by atoms with van der Waals surface area (Å²) in [4.78, 5) is 45.6. The summed E-state index contributed by atoms with van der Waals surface area (Å²) >= 11 is 0. The number of fused-ring (bicyclic) bond motifs is 1. The second-order valence-corrected chi connectivity index (χ2v) is 4.28. The number of hydrogen-bond donors (Lipinski definition) is 0. The Morgan fingerprint density at radius 2 is 1.10 bits per heavy atom. The predicted molar refractivity (Wildman–Crippen MR) is 69.8 cm³/mol. The summed E-state index contributed by atoms with van der Waals surface area (Å²) < 4.78 is 0. The molecule has 0 aromatic heterocycles. The fourth-order valence-electron chi connectivity index (χ4n) is 1.78. The predicted octanol–water partition coefficient (Wildman–Crippen LogP) is 0.454. The van der Waals surface area contributed by atoms with Crippen molar-refractivity contribution in [3.8, 4) is 0 Å². The number of carbonyl (C=O) groups is 4. The summed E-state index contributed by atoms with van der Waals surface area (Å²) in [6.07, 6.45) is 2.50. The Morgan fingerprint density at radius 3 is 1.40 bits per heavy atom. The lowest BCUT2D eigenvalue weighted by Crippen LogP contribution is -2.24. The molecular weight excluding hydrogens is 260 g/mol. The summed E-state index contributed by atoms with van der Waals surface area (Å²) in [6.45, 7) is 0. The molecule has 3 rings (SSSR count). The number of amides is 4. The minimum absolute atomic E-state index is 0.212. The van der Waals surface area contributed by atoms with E-state index in [1.54, 1.807) is 24.3 Å². The fourth-order valence-corrected chi connectivity index (χ4v) is 1.78. The first-order chi connectivity index (χ1) is 9.43. The Kier molecular flexibility index (Phi) is 3.47. The standard InChI is InChI=1S/C9H7NO2.C5H5NO2/c1-10-8(11)6-4-2-3-5-7(6)9(10)12;1-6-4(7)2-3-5(6)8/h2-5H,1H3;2-3H,1H3. The molecular formula is C14H12N2O4. The Hall–Kier alpha value is -2.76. The van der Waals surface area contributed by atoms with Crippen LogP contribution in [0.1, 0.15) is 20.7 Å². The Morgan fingerprint density at radius 1 is 0.700 bits per heavy atom. The van der Waals surface area contributed by atoms with E-state index in [1.807, 2.05) is 0 Å². The number of nitrogens with zero attached hydrogens (tertiary/aromatic N) is 2. The van der Waals surface area contributed by atoms with Crippen LogP contribution in [-0.2, 0) is 9.59 Å². The first-order valence-electron chi connectivity index (χ1n) is 5.84. The minimum Gasteiger partial charge on any atom is -0.279 e. The molecule has 0 N–H and O–H groups in total. The molecule has 2 aliphatic heterocycles. The highest BCUT2D eigenvalue weighted by atomic mass is 16.2. The smallest absolute Gasteiger partial charge is 0.261 e. The maximum absolute atomic E-state index is 11.3.